The van der Waals surface area contributed by atoms with Gasteiger partial charge in [0.05, 0.1) is 22.9 Å². The molecule has 0 spiro atoms. The fraction of sp³-hybridized carbons (Fsp3) is 0.105. The zero-order chi connectivity index (χ0) is 19.4. The second-order valence-corrected chi connectivity index (χ2v) is 5.72. The van der Waals surface area contributed by atoms with Gasteiger partial charge >= 0.3 is 6.18 Å². The van der Waals surface area contributed by atoms with Gasteiger partial charge in [0.2, 0.25) is 5.56 Å². The summed E-state index contributed by atoms with van der Waals surface area (Å²) in [6.07, 6.45) is -1.66. The highest BCUT2D eigenvalue weighted by Gasteiger charge is 2.30. The van der Waals surface area contributed by atoms with Gasteiger partial charge in [0.15, 0.2) is 0 Å². The van der Waals surface area contributed by atoms with E-state index in [2.05, 4.69) is 15.3 Å². The molecule has 0 aliphatic rings. The van der Waals surface area contributed by atoms with E-state index in [9.17, 15) is 22.8 Å². The van der Waals surface area contributed by atoms with E-state index in [1.165, 1.54) is 36.7 Å². The Bertz CT molecular complexity index is 963. The monoisotopic (exact) mass is 373 g/mol. The largest absolute Gasteiger partial charge is 0.416 e. The molecular weight excluding hydrogens is 359 g/mol. The van der Waals surface area contributed by atoms with Gasteiger partial charge in [-0.3, -0.25) is 14.6 Å². The van der Waals surface area contributed by atoms with Crippen LogP contribution < -0.4 is 10.9 Å². The lowest BCUT2D eigenvalue weighted by molar-refractivity contribution is -0.137. The fourth-order valence-corrected chi connectivity index (χ4v) is 2.51. The predicted molar refractivity (Wildman–Crippen MR) is 92.1 cm³/mol. The smallest absolute Gasteiger partial charge is 0.339 e. The molecule has 1 amide bonds. The first-order valence-electron chi connectivity index (χ1n) is 7.92. The van der Waals surface area contributed by atoms with Crippen LogP contribution in [0.3, 0.4) is 0 Å². The van der Waals surface area contributed by atoms with Crippen molar-refractivity contribution >= 4 is 5.91 Å². The van der Waals surface area contributed by atoms with Crippen LogP contribution in [0.4, 0.5) is 13.2 Å². The number of aromatic nitrogens is 2. The Morgan fingerprint density at radius 3 is 2.33 bits per heavy atom. The molecule has 3 aromatic rings. The summed E-state index contributed by atoms with van der Waals surface area (Å²) in [5, 5.41) is 2.74. The number of H-pyrrole nitrogens is 1. The number of aromatic amines is 1. The number of carbonyl (C=O) groups excluding carboxylic acids is 1. The van der Waals surface area contributed by atoms with Crippen LogP contribution in [0.1, 0.15) is 33.2 Å². The third kappa shape index (κ3) is 4.41. The summed E-state index contributed by atoms with van der Waals surface area (Å²) in [6.45, 7) is 0. The number of nitrogens with zero attached hydrogens (tertiary/aromatic N) is 1. The van der Waals surface area contributed by atoms with E-state index in [1.807, 2.05) is 0 Å². The molecule has 2 N–H and O–H groups in total. The number of amides is 1. The molecule has 27 heavy (non-hydrogen) atoms. The molecule has 3 rings (SSSR count). The van der Waals surface area contributed by atoms with Gasteiger partial charge in [0.1, 0.15) is 0 Å². The van der Waals surface area contributed by atoms with Crippen molar-refractivity contribution in [2.24, 2.45) is 0 Å². The second kappa shape index (κ2) is 7.45. The van der Waals surface area contributed by atoms with E-state index in [0.717, 1.165) is 12.1 Å². The number of alkyl halides is 3. The molecule has 0 saturated carbocycles. The number of hydrogen-bond donors (Lipinski definition) is 2. The molecule has 0 unspecified atom stereocenters. The third-order valence-corrected chi connectivity index (χ3v) is 3.88. The zero-order valence-corrected chi connectivity index (χ0v) is 13.8. The number of rotatable bonds is 4. The highest BCUT2D eigenvalue weighted by Crippen LogP contribution is 2.30. The molecule has 2 aromatic heterocycles. The molecule has 1 aromatic carbocycles. The Balaban J connectivity index is 1.93. The van der Waals surface area contributed by atoms with Gasteiger partial charge in [0, 0.05) is 18.5 Å². The first-order valence-corrected chi connectivity index (χ1v) is 7.92. The molecule has 0 aliphatic heterocycles. The topological polar surface area (TPSA) is 74.8 Å². The van der Waals surface area contributed by atoms with E-state index in [-0.39, 0.29) is 11.1 Å². The summed E-state index contributed by atoms with van der Waals surface area (Å²) in [5.74, 6) is -0.498. The SMILES string of the molecule is O=C(N[C@@H](c1ccc(C(F)(F)F)cc1)c1ccccn1)c1ccc(=O)[nH]c1. The van der Waals surface area contributed by atoms with Crippen LogP contribution in [0.2, 0.25) is 0 Å². The average Bonchev–Trinajstić information content (AvgIpc) is 2.66. The number of hydrogen-bond acceptors (Lipinski definition) is 3. The van der Waals surface area contributed by atoms with Crippen LogP contribution >= 0.6 is 0 Å². The standard InChI is InChI=1S/C19H14F3N3O2/c20-19(21,22)14-7-4-12(5-8-14)17(15-3-1-2-10-23-15)25-18(27)13-6-9-16(26)24-11-13/h1-11,17H,(H,24,26)(H,25,27)/t17-/m0/s1. The fourth-order valence-electron chi connectivity index (χ4n) is 2.51. The number of pyridine rings is 2. The quantitative estimate of drug-likeness (QED) is 0.737. The van der Waals surface area contributed by atoms with Gasteiger partial charge in [-0.15, -0.1) is 0 Å². The van der Waals surface area contributed by atoms with E-state index in [4.69, 9.17) is 0 Å². The van der Waals surface area contributed by atoms with Crippen molar-refractivity contribution in [1.29, 1.82) is 0 Å². The predicted octanol–water partition coefficient (Wildman–Crippen LogP) is 3.31. The molecule has 0 aliphatic carbocycles. The molecule has 0 saturated heterocycles. The van der Waals surface area contributed by atoms with Crippen LogP contribution in [0.5, 0.6) is 0 Å². The van der Waals surface area contributed by atoms with Gasteiger partial charge in [0.25, 0.3) is 5.91 Å². The molecule has 138 valence electrons. The van der Waals surface area contributed by atoms with E-state index < -0.39 is 23.7 Å². The molecule has 8 heteroatoms. The van der Waals surface area contributed by atoms with Crippen molar-refractivity contribution in [1.82, 2.24) is 15.3 Å². The van der Waals surface area contributed by atoms with Gasteiger partial charge in [-0.25, -0.2) is 0 Å². The number of halogens is 3. The van der Waals surface area contributed by atoms with Crippen molar-refractivity contribution in [3.8, 4) is 0 Å². The summed E-state index contributed by atoms with van der Waals surface area (Å²) < 4.78 is 38.4. The summed E-state index contributed by atoms with van der Waals surface area (Å²) in [5.41, 5.74) is -0.00880. The van der Waals surface area contributed by atoms with Crippen LogP contribution in [0, 0.1) is 0 Å². The highest BCUT2D eigenvalue weighted by molar-refractivity contribution is 5.94. The van der Waals surface area contributed by atoms with Crippen molar-refractivity contribution < 1.29 is 18.0 Å². The normalized spacial score (nSPS) is 12.4. The van der Waals surface area contributed by atoms with Gasteiger partial charge < -0.3 is 10.3 Å². The zero-order valence-electron chi connectivity index (χ0n) is 13.8. The summed E-state index contributed by atoms with van der Waals surface area (Å²) >= 11 is 0. The Hall–Kier alpha value is -3.42. The number of nitrogens with one attached hydrogen (secondary N) is 2. The summed E-state index contributed by atoms with van der Waals surface area (Å²) in [7, 11) is 0. The minimum Gasteiger partial charge on any atom is -0.339 e. The molecule has 0 bridgehead atoms. The summed E-state index contributed by atoms with van der Waals surface area (Å²) in [6, 6.07) is 11.4. The first kappa shape index (κ1) is 18.4. The minimum absolute atomic E-state index is 0.211. The van der Waals surface area contributed by atoms with Crippen molar-refractivity contribution in [3.05, 3.63) is 99.7 Å². The number of benzene rings is 1. The maximum absolute atomic E-state index is 12.8. The summed E-state index contributed by atoms with van der Waals surface area (Å²) in [4.78, 5) is 30.2. The molecule has 0 fully saturated rings. The maximum atomic E-state index is 12.8. The lowest BCUT2D eigenvalue weighted by Gasteiger charge is -2.19. The Morgan fingerprint density at radius 1 is 1.04 bits per heavy atom. The van der Waals surface area contributed by atoms with E-state index in [1.54, 1.807) is 18.2 Å². The lowest BCUT2D eigenvalue weighted by Crippen LogP contribution is -2.30. The number of carbonyl (C=O) groups is 1. The molecule has 2 heterocycles. The minimum atomic E-state index is -4.45. The molecule has 5 nitrogen and oxygen atoms in total. The van der Waals surface area contributed by atoms with Crippen LogP contribution in [0.25, 0.3) is 0 Å². The van der Waals surface area contributed by atoms with Crippen LogP contribution in [-0.4, -0.2) is 15.9 Å². The third-order valence-electron chi connectivity index (χ3n) is 3.88. The molecular formula is C19H14F3N3O2. The maximum Gasteiger partial charge on any atom is 0.416 e. The van der Waals surface area contributed by atoms with E-state index >= 15 is 0 Å². The van der Waals surface area contributed by atoms with Gasteiger partial charge in [-0.05, 0) is 35.9 Å². The van der Waals surface area contributed by atoms with Gasteiger partial charge in [-0.2, -0.15) is 13.2 Å². The highest BCUT2D eigenvalue weighted by atomic mass is 19.4. The van der Waals surface area contributed by atoms with Crippen molar-refractivity contribution in [3.63, 3.8) is 0 Å². The van der Waals surface area contributed by atoms with Gasteiger partial charge in [-0.1, -0.05) is 18.2 Å². The van der Waals surface area contributed by atoms with Crippen LogP contribution in [-0.2, 0) is 6.18 Å². The van der Waals surface area contributed by atoms with E-state index in [0.29, 0.717) is 11.3 Å². The first-order chi connectivity index (χ1) is 12.8. The van der Waals surface area contributed by atoms with Crippen molar-refractivity contribution in [2.45, 2.75) is 12.2 Å². The second-order valence-electron chi connectivity index (χ2n) is 5.72. The Morgan fingerprint density at radius 2 is 1.78 bits per heavy atom. The lowest BCUT2D eigenvalue weighted by atomic mass is 10.0. The van der Waals surface area contributed by atoms with Crippen LogP contribution in [0.15, 0.2) is 71.8 Å². The molecule has 1 atom stereocenters. The molecule has 0 radical (unpaired) electrons. The Kier molecular flexibility index (Phi) is 5.07. The Labute approximate surface area is 151 Å². The average molecular weight is 373 g/mol. The van der Waals surface area contributed by atoms with Crippen molar-refractivity contribution in [2.75, 3.05) is 0 Å².